The van der Waals surface area contributed by atoms with Gasteiger partial charge in [0.1, 0.15) is 12.6 Å². The van der Waals surface area contributed by atoms with Gasteiger partial charge >= 0.3 is 12.4 Å². The van der Waals surface area contributed by atoms with Crippen LogP contribution in [0.1, 0.15) is 22.7 Å². The second kappa shape index (κ2) is 8.46. The predicted molar refractivity (Wildman–Crippen MR) is 82.9 cm³/mol. The Morgan fingerprint density at radius 3 is 1.96 bits per heavy atom. The van der Waals surface area contributed by atoms with Gasteiger partial charge < -0.3 is 10.4 Å². The molecule has 156 valence electrons. The number of nitrogens with zero attached hydrogens (tertiary/aromatic N) is 1. The summed E-state index contributed by atoms with van der Waals surface area (Å²) >= 11 is 0. The summed E-state index contributed by atoms with van der Waals surface area (Å²) < 4.78 is 107. The summed E-state index contributed by atoms with van der Waals surface area (Å²) in [6, 6.07) is -1.88. The van der Waals surface area contributed by atoms with Crippen LogP contribution in [0, 0.1) is 0 Å². The molecule has 1 fully saturated rings. The van der Waals surface area contributed by atoms with Gasteiger partial charge in [0.25, 0.3) is 5.92 Å². The first-order chi connectivity index (χ1) is 11.9. The lowest BCUT2D eigenvalue weighted by Crippen LogP contribution is -2.51. The number of aliphatic hydroxyl groups is 1. The van der Waals surface area contributed by atoms with Gasteiger partial charge in [0.05, 0.1) is 11.1 Å². The van der Waals surface area contributed by atoms with Gasteiger partial charge in [-0.3, -0.25) is 4.90 Å². The van der Waals surface area contributed by atoms with E-state index in [-0.39, 0.29) is 56.8 Å². The molecule has 0 radical (unpaired) electrons. The molecule has 1 aromatic carbocycles. The zero-order valence-electron chi connectivity index (χ0n) is 13.7. The molecule has 0 aliphatic carbocycles. The third-order valence-electron chi connectivity index (χ3n) is 4.11. The van der Waals surface area contributed by atoms with E-state index in [1.807, 2.05) is 0 Å². The SMILES string of the molecule is Cl.OCC(F)(F)[C@H](c1cc(C(F)(F)F)ccc1C(F)(F)F)N1CCNCC1. The molecular formula is C15H17ClF8N2O. The minimum atomic E-state index is -5.13. The fourth-order valence-electron chi connectivity index (χ4n) is 2.94. The molecular weight excluding hydrogens is 412 g/mol. The summed E-state index contributed by atoms with van der Waals surface area (Å²) in [4.78, 5) is 0.956. The number of alkyl halides is 8. The van der Waals surface area contributed by atoms with E-state index in [2.05, 4.69) is 5.32 Å². The topological polar surface area (TPSA) is 35.5 Å². The average molecular weight is 429 g/mol. The Hall–Kier alpha value is -1.17. The highest BCUT2D eigenvalue weighted by Crippen LogP contribution is 2.44. The van der Waals surface area contributed by atoms with Crippen molar-refractivity contribution in [1.29, 1.82) is 0 Å². The summed E-state index contributed by atoms with van der Waals surface area (Å²) in [7, 11) is 0. The first-order valence-corrected chi connectivity index (χ1v) is 7.59. The van der Waals surface area contributed by atoms with Gasteiger partial charge in [-0.05, 0) is 23.8 Å². The lowest BCUT2D eigenvalue weighted by atomic mass is 9.91. The van der Waals surface area contributed by atoms with Crippen molar-refractivity contribution >= 4 is 12.4 Å². The van der Waals surface area contributed by atoms with E-state index in [0.29, 0.717) is 0 Å². The van der Waals surface area contributed by atoms with Gasteiger partial charge in [-0.1, -0.05) is 0 Å². The monoisotopic (exact) mass is 428 g/mol. The molecule has 0 spiro atoms. The third-order valence-corrected chi connectivity index (χ3v) is 4.11. The Morgan fingerprint density at radius 2 is 1.52 bits per heavy atom. The lowest BCUT2D eigenvalue weighted by Gasteiger charge is -2.39. The van der Waals surface area contributed by atoms with Crippen LogP contribution in [0.25, 0.3) is 0 Å². The van der Waals surface area contributed by atoms with Crippen molar-refractivity contribution in [2.75, 3.05) is 32.8 Å². The Bertz CT molecular complexity index is 629. The van der Waals surface area contributed by atoms with Crippen molar-refractivity contribution in [3.63, 3.8) is 0 Å². The molecule has 0 bridgehead atoms. The summed E-state index contributed by atoms with van der Waals surface area (Å²) in [5, 5.41) is 11.8. The summed E-state index contributed by atoms with van der Waals surface area (Å²) in [6.45, 7) is -1.65. The highest BCUT2D eigenvalue weighted by Gasteiger charge is 2.48. The standard InChI is InChI=1S/C15H16F8N2O.ClH/c16-13(17,8-26)12(25-5-3-24-4-6-25)10-7-9(14(18,19)20)1-2-11(10)15(21,22)23;/h1-2,7,12,24,26H,3-6,8H2;1H/t12-;/m0./s1. The van der Waals surface area contributed by atoms with E-state index in [1.54, 1.807) is 0 Å². The van der Waals surface area contributed by atoms with E-state index in [9.17, 15) is 35.1 Å². The minimum Gasteiger partial charge on any atom is -0.390 e. The predicted octanol–water partition coefficient (Wildman–Crippen LogP) is 3.72. The normalized spacial score (nSPS) is 18.1. The second-order valence-electron chi connectivity index (χ2n) is 5.91. The van der Waals surface area contributed by atoms with Crippen LogP contribution in [-0.2, 0) is 12.4 Å². The number of piperazine rings is 1. The van der Waals surface area contributed by atoms with Gasteiger partial charge in [0.15, 0.2) is 0 Å². The van der Waals surface area contributed by atoms with E-state index in [0.717, 1.165) is 4.90 Å². The highest BCUT2D eigenvalue weighted by molar-refractivity contribution is 5.85. The van der Waals surface area contributed by atoms with Crippen molar-refractivity contribution in [1.82, 2.24) is 10.2 Å². The van der Waals surface area contributed by atoms with Crippen LogP contribution in [0.2, 0.25) is 0 Å². The number of benzene rings is 1. The molecule has 1 aliphatic heterocycles. The molecule has 0 unspecified atom stereocenters. The van der Waals surface area contributed by atoms with Crippen molar-refractivity contribution < 1.29 is 40.2 Å². The first kappa shape index (κ1) is 23.9. The van der Waals surface area contributed by atoms with E-state index < -0.39 is 47.6 Å². The largest absolute Gasteiger partial charge is 0.416 e. The number of hydrogen-bond acceptors (Lipinski definition) is 3. The van der Waals surface area contributed by atoms with E-state index in [4.69, 9.17) is 5.11 Å². The van der Waals surface area contributed by atoms with Gasteiger partial charge in [-0.25, -0.2) is 8.78 Å². The molecule has 0 saturated carbocycles. The van der Waals surface area contributed by atoms with Gasteiger partial charge in [-0.15, -0.1) is 12.4 Å². The number of aliphatic hydroxyl groups excluding tert-OH is 1. The van der Waals surface area contributed by atoms with Gasteiger partial charge in [0, 0.05) is 26.2 Å². The molecule has 1 heterocycles. The van der Waals surface area contributed by atoms with Crippen molar-refractivity contribution in [2.45, 2.75) is 24.3 Å². The lowest BCUT2D eigenvalue weighted by molar-refractivity contribution is -0.147. The third kappa shape index (κ3) is 5.43. The minimum absolute atomic E-state index is 0. The summed E-state index contributed by atoms with van der Waals surface area (Å²) in [5.74, 6) is -4.07. The Kier molecular flexibility index (Phi) is 7.48. The molecule has 12 heteroatoms. The van der Waals surface area contributed by atoms with Crippen LogP contribution in [0.15, 0.2) is 18.2 Å². The fourth-order valence-corrected chi connectivity index (χ4v) is 2.94. The molecule has 2 N–H and O–H groups in total. The van der Waals surface area contributed by atoms with Crippen molar-refractivity contribution in [2.24, 2.45) is 0 Å². The van der Waals surface area contributed by atoms with E-state index in [1.165, 1.54) is 0 Å². The Morgan fingerprint density at radius 1 is 0.963 bits per heavy atom. The number of halogens is 9. The Labute approximate surface area is 155 Å². The quantitative estimate of drug-likeness (QED) is 0.718. The molecule has 3 nitrogen and oxygen atoms in total. The second-order valence-corrected chi connectivity index (χ2v) is 5.91. The van der Waals surface area contributed by atoms with Crippen molar-refractivity contribution in [3.8, 4) is 0 Å². The summed E-state index contributed by atoms with van der Waals surface area (Å²) in [5.41, 5.74) is -4.25. The van der Waals surface area contributed by atoms with Crippen LogP contribution in [0.3, 0.4) is 0 Å². The van der Waals surface area contributed by atoms with Gasteiger partial charge in [0.2, 0.25) is 0 Å². The van der Waals surface area contributed by atoms with Crippen LogP contribution < -0.4 is 5.32 Å². The molecule has 2 rings (SSSR count). The molecule has 27 heavy (non-hydrogen) atoms. The Balaban J connectivity index is 0.00000364. The molecule has 1 atom stereocenters. The molecule has 1 aromatic rings. The van der Waals surface area contributed by atoms with Crippen LogP contribution >= 0.6 is 12.4 Å². The van der Waals surface area contributed by atoms with Crippen molar-refractivity contribution in [3.05, 3.63) is 34.9 Å². The van der Waals surface area contributed by atoms with Crippen LogP contribution in [-0.4, -0.2) is 48.7 Å². The molecule has 1 saturated heterocycles. The average Bonchev–Trinajstić information content (AvgIpc) is 2.54. The zero-order valence-corrected chi connectivity index (χ0v) is 14.5. The number of hydrogen-bond donors (Lipinski definition) is 2. The van der Waals surface area contributed by atoms with Crippen LogP contribution in [0.5, 0.6) is 0 Å². The van der Waals surface area contributed by atoms with E-state index >= 15 is 0 Å². The van der Waals surface area contributed by atoms with Crippen LogP contribution in [0.4, 0.5) is 35.1 Å². The maximum Gasteiger partial charge on any atom is 0.416 e. The molecule has 0 aromatic heterocycles. The molecule has 0 amide bonds. The molecule has 1 aliphatic rings. The number of nitrogens with one attached hydrogen (secondary N) is 1. The van der Waals surface area contributed by atoms with Gasteiger partial charge in [-0.2, -0.15) is 26.3 Å². The smallest absolute Gasteiger partial charge is 0.390 e. The maximum absolute atomic E-state index is 14.3. The fraction of sp³-hybridized carbons (Fsp3) is 0.600. The first-order valence-electron chi connectivity index (χ1n) is 7.59. The number of rotatable bonds is 4. The highest BCUT2D eigenvalue weighted by atomic mass is 35.5. The maximum atomic E-state index is 14.3. The summed E-state index contributed by atoms with van der Waals surface area (Å²) in [6.07, 6.45) is -10.1. The zero-order chi connectivity index (χ0) is 19.8.